The predicted molar refractivity (Wildman–Crippen MR) is 78.4 cm³/mol. The minimum Gasteiger partial charge on any atom is -0.273 e. The van der Waals surface area contributed by atoms with Crippen LogP contribution < -0.4 is 0 Å². The minimum absolute atomic E-state index is 0.0799. The smallest absolute Gasteiger partial charge is 0.245 e. The van der Waals surface area contributed by atoms with Gasteiger partial charge >= 0.3 is 0 Å². The first-order valence-corrected chi connectivity index (χ1v) is 6.57. The van der Waals surface area contributed by atoms with E-state index in [0.29, 0.717) is 12.3 Å². The lowest BCUT2D eigenvalue weighted by Crippen LogP contribution is -1.98. The van der Waals surface area contributed by atoms with Gasteiger partial charge in [0.2, 0.25) is 5.91 Å². The van der Waals surface area contributed by atoms with Crippen molar-refractivity contribution >= 4 is 22.9 Å². The van der Waals surface area contributed by atoms with Crippen LogP contribution in [0.3, 0.4) is 0 Å². The zero-order chi connectivity index (χ0) is 13.7. The molecule has 0 spiro atoms. The van der Waals surface area contributed by atoms with E-state index in [4.69, 9.17) is 0 Å². The van der Waals surface area contributed by atoms with Gasteiger partial charge in [-0.3, -0.25) is 9.78 Å². The normalized spacial score (nSPS) is 11.5. The van der Waals surface area contributed by atoms with Gasteiger partial charge in [-0.05, 0) is 23.8 Å². The van der Waals surface area contributed by atoms with Crippen molar-refractivity contribution in [3.63, 3.8) is 0 Å². The molecule has 2 aromatic rings. The fraction of sp³-hybridized carbons (Fsp3) is 0.312. The summed E-state index contributed by atoms with van der Waals surface area (Å²) < 4.78 is 0. The number of pyridine rings is 1. The number of nitrogens with zero attached hydrogens (tertiary/aromatic N) is 2. The molecular formula is C16H18N2O. The van der Waals surface area contributed by atoms with Gasteiger partial charge in [-0.25, -0.2) is 4.99 Å². The average Bonchev–Trinajstić information content (AvgIpc) is 2.42. The summed E-state index contributed by atoms with van der Waals surface area (Å²) in [7, 11) is 0. The Labute approximate surface area is 113 Å². The highest BCUT2D eigenvalue weighted by molar-refractivity contribution is 5.93. The Bertz CT molecular complexity index is 602. The van der Waals surface area contributed by atoms with Crippen LogP contribution in [-0.4, -0.2) is 17.1 Å². The molecule has 98 valence electrons. The molecule has 1 heterocycles. The molecule has 0 atom stereocenters. The van der Waals surface area contributed by atoms with E-state index in [1.807, 2.05) is 30.3 Å². The molecular weight excluding hydrogens is 236 g/mol. The van der Waals surface area contributed by atoms with Crippen molar-refractivity contribution in [1.29, 1.82) is 0 Å². The maximum Gasteiger partial charge on any atom is 0.245 e. The first-order chi connectivity index (χ1) is 9.15. The second kappa shape index (κ2) is 6.23. The quantitative estimate of drug-likeness (QED) is 0.782. The number of benzene rings is 1. The number of fused-ring (bicyclic) bond motifs is 1. The third-order valence-electron chi connectivity index (χ3n) is 2.93. The van der Waals surface area contributed by atoms with Crippen LogP contribution in [-0.2, 0) is 4.79 Å². The fourth-order valence-electron chi connectivity index (χ4n) is 1.79. The Kier molecular flexibility index (Phi) is 4.39. The Morgan fingerprint density at radius 2 is 2.05 bits per heavy atom. The molecule has 3 nitrogen and oxygen atoms in total. The molecule has 3 heteroatoms. The summed E-state index contributed by atoms with van der Waals surface area (Å²) in [6.45, 7) is 4.20. The number of carbonyl (C=O) groups excluding carboxylic acids is 1. The van der Waals surface area contributed by atoms with Gasteiger partial charge in [0, 0.05) is 18.0 Å². The summed E-state index contributed by atoms with van der Waals surface area (Å²) in [5.41, 5.74) is 0.719. The van der Waals surface area contributed by atoms with Crippen LogP contribution in [0.1, 0.15) is 32.4 Å². The molecule has 1 amide bonds. The van der Waals surface area contributed by atoms with Crippen LogP contribution in [0.25, 0.3) is 10.8 Å². The summed E-state index contributed by atoms with van der Waals surface area (Å²) >= 11 is 0. The lowest BCUT2D eigenvalue weighted by atomic mass is 10.1. The number of hydrogen-bond acceptors (Lipinski definition) is 2. The van der Waals surface area contributed by atoms with Crippen molar-refractivity contribution in [2.75, 3.05) is 0 Å². The Hall–Kier alpha value is -2.03. The second-order valence-electron chi connectivity index (χ2n) is 5.04. The highest BCUT2D eigenvalue weighted by Crippen LogP contribution is 2.12. The van der Waals surface area contributed by atoms with Gasteiger partial charge in [0.25, 0.3) is 0 Å². The monoisotopic (exact) mass is 254 g/mol. The number of hydrogen-bond donors (Lipinski definition) is 0. The minimum atomic E-state index is -0.0799. The molecule has 0 fully saturated rings. The molecule has 19 heavy (non-hydrogen) atoms. The number of rotatable bonds is 4. The van der Waals surface area contributed by atoms with Crippen molar-refractivity contribution in [2.24, 2.45) is 10.9 Å². The molecule has 2 rings (SSSR count). The van der Waals surface area contributed by atoms with Crippen molar-refractivity contribution < 1.29 is 4.79 Å². The van der Waals surface area contributed by atoms with E-state index in [2.05, 4.69) is 23.8 Å². The molecule has 0 saturated heterocycles. The Morgan fingerprint density at radius 3 is 2.79 bits per heavy atom. The van der Waals surface area contributed by atoms with Crippen LogP contribution in [0, 0.1) is 5.92 Å². The molecule has 1 aromatic carbocycles. The summed E-state index contributed by atoms with van der Waals surface area (Å²) in [5.74, 6) is 0.446. The van der Waals surface area contributed by atoms with E-state index >= 15 is 0 Å². The fourth-order valence-corrected chi connectivity index (χ4v) is 1.79. The van der Waals surface area contributed by atoms with Crippen LogP contribution in [0.5, 0.6) is 0 Å². The van der Waals surface area contributed by atoms with Crippen LogP contribution >= 0.6 is 0 Å². The SMILES string of the molecule is CC(C)CCC(=O)N=Cc1cc2ccccc2cn1. The lowest BCUT2D eigenvalue weighted by molar-refractivity contribution is -0.118. The molecule has 0 aliphatic rings. The summed E-state index contributed by atoms with van der Waals surface area (Å²) in [4.78, 5) is 19.8. The van der Waals surface area contributed by atoms with E-state index in [1.165, 1.54) is 0 Å². The second-order valence-corrected chi connectivity index (χ2v) is 5.04. The van der Waals surface area contributed by atoms with Crippen LogP contribution in [0.15, 0.2) is 41.5 Å². The summed E-state index contributed by atoms with van der Waals surface area (Å²) in [5, 5.41) is 2.19. The van der Waals surface area contributed by atoms with Gasteiger partial charge in [0.05, 0.1) is 11.9 Å². The van der Waals surface area contributed by atoms with E-state index in [0.717, 1.165) is 22.9 Å². The molecule has 0 aliphatic carbocycles. The Morgan fingerprint density at radius 1 is 1.32 bits per heavy atom. The third-order valence-corrected chi connectivity index (χ3v) is 2.93. The summed E-state index contributed by atoms with van der Waals surface area (Å²) in [6, 6.07) is 9.94. The van der Waals surface area contributed by atoms with E-state index < -0.39 is 0 Å². The Balaban J connectivity index is 2.06. The lowest BCUT2D eigenvalue weighted by Gasteiger charge is -2.00. The highest BCUT2D eigenvalue weighted by atomic mass is 16.1. The standard InChI is InChI=1S/C16H18N2O/c1-12(2)7-8-16(19)18-11-15-9-13-5-3-4-6-14(13)10-17-15/h3-6,9-12H,7-8H2,1-2H3. The first kappa shape index (κ1) is 13.4. The number of carbonyl (C=O) groups is 1. The topological polar surface area (TPSA) is 42.3 Å². The van der Waals surface area contributed by atoms with Crippen molar-refractivity contribution in [1.82, 2.24) is 4.98 Å². The molecule has 1 aromatic heterocycles. The van der Waals surface area contributed by atoms with Crippen molar-refractivity contribution in [3.05, 3.63) is 42.2 Å². The van der Waals surface area contributed by atoms with Gasteiger partial charge < -0.3 is 0 Å². The first-order valence-electron chi connectivity index (χ1n) is 6.57. The maximum absolute atomic E-state index is 11.6. The van der Waals surface area contributed by atoms with E-state index in [1.54, 1.807) is 12.4 Å². The molecule has 0 N–H and O–H groups in total. The largest absolute Gasteiger partial charge is 0.273 e. The number of amides is 1. The molecule has 0 unspecified atom stereocenters. The van der Waals surface area contributed by atoms with Crippen molar-refractivity contribution in [3.8, 4) is 0 Å². The van der Waals surface area contributed by atoms with Gasteiger partial charge in [-0.2, -0.15) is 0 Å². The zero-order valence-electron chi connectivity index (χ0n) is 11.3. The molecule has 0 bridgehead atoms. The van der Waals surface area contributed by atoms with Gasteiger partial charge in [-0.15, -0.1) is 0 Å². The average molecular weight is 254 g/mol. The summed E-state index contributed by atoms with van der Waals surface area (Å²) in [6.07, 6.45) is 4.73. The van der Waals surface area contributed by atoms with Crippen LogP contribution in [0.4, 0.5) is 0 Å². The molecule has 0 saturated carbocycles. The van der Waals surface area contributed by atoms with E-state index in [9.17, 15) is 4.79 Å². The molecule has 0 aliphatic heterocycles. The maximum atomic E-state index is 11.6. The van der Waals surface area contributed by atoms with Crippen molar-refractivity contribution in [2.45, 2.75) is 26.7 Å². The zero-order valence-corrected chi connectivity index (χ0v) is 11.3. The third kappa shape index (κ3) is 3.98. The van der Waals surface area contributed by atoms with Gasteiger partial charge in [0.15, 0.2) is 0 Å². The van der Waals surface area contributed by atoms with Gasteiger partial charge in [-0.1, -0.05) is 38.1 Å². The number of aromatic nitrogens is 1. The van der Waals surface area contributed by atoms with Gasteiger partial charge in [0.1, 0.15) is 0 Å². The highest BCUT2D eigenvalue weighted by Gasteiger charge is 2.01. The molecule has 0 radical (unpaired) electrons. The van der Waals surface area contributed by atoms with E-state index in [-0.39, 0.29) is 5.91 Å². The predicted octanol–water partition coefficient (Wildman–Crippen LogP) is 3.62. The van der Waals surface area contributed by atoms with Crippen LogP contribution in [0.2, 0.25) is 0 Å². The number of aliphatic imine (C=N–C) groups is 1.